The first-order valence-electron chi connectivity index (χ1n) is 13.9. The monoisotopic (exact) mass is 631 g/mol. The zero-order valence-electron chi connectivity index (χ0n) is 23.5. The van der Waals surface area contributed by atoms with Gasteiger partial charge in [0.15, 0.2) is 12.6 Å². The number of nitrogens with one attached hydrogen (secondary N) is 1. The van der Waals surface area contributed by atoms with E-state index in [1.165, 1.54) is 19.9 Å². The predicted molar refractivity (Wildman–Crippen MR) is 139 cm³/mol. The van der Waals surface area contributed by atoms with E-state index in [9.17, 15) is 66.4 Å². The smallest absolute Gasteiger partial charge is 0.187 e. The van der Waals surface area contributed by atoms with Crippen LogP contribution in [-0.4, -0.2) is 196 Å². The first-order chi connectivity index (χ1) is 20.1. The van der Waals surface area contributed by atoms with E-state index in [-0.39, 0.29) is 5.57 Å². The summed E-state index contributed by atoms with van der Waals surface area (Å²) in [6.07, 6.45) is -24.3. The third-order valence-electron chi connectivity index (χ3n) is 8.02. The van der Waals surface area contributed by atoms with Crippen LogP contribution >= 0.6 is 0 Å². The fourth-order valence-electron chi connectivity index (χ4n) is 5.25. The Morgan fingerprint density at radius 2 is 1.44 bits per heavy atom. The Hall–Kier alpha value is -0.980. The van der Waals surface area contributed by atoms with Gasteiger partial charge in [0.05, 0.1) is 44.1 Å². The van der Waals surface area contributed by atoms with Gasteiger partial charge in [-0.2, -0.15) is 0 Å². The molecular formula is C25H45NO17. The Balaban J connectivity index is 1.63. The summed E-state index contributed by atoms with van der Waals surface area (Å²) in [6, 6.07) is -2.14. The molecule has 3 aliphatic rings. The maximum absolute atomic E-state index is 10.9. The van der Waals surface area contributed by atoms with Gasteiger partial charge in [-0.3, -0.25) is 0 Å². The molecule has 0 radical (unpaired) electrons. The lowest BCUT2D eigenvalue weighted by molar-refractivity contribution is -0.352. The fourth-order valence-corrected chi connectivity index (χ4v) is 5.25. The third-order valence-corrected chi connectivity index (χ3v) is 8.02. The molecule has 14 N–H and O–H groups in total. The van der Waals surface area contributed by atoms with Crippen LogP contribution in [0.4, 0.5) is 0 Å². The Morgan fingerprint density at radius 1 is 0.814 bits per heavy atom. The highest BCUT2D eigenvalue weighted by Crippen LogP contribution is 2.30. The van der Waals surface area contributed by atoms with Crippen LogP contribution < -0.4 is 5.32 Å². The Bertz CT molecular complexity index is 896. The van der Waals surface area contributed by atoms with Crippen molar-refractivity contribution in [3.8, 4) is 0 Å². The van der Waals surface area contributed by atoms with Crippen LogP contribution in [0.5, 0.6) is 0 Å². The summed E-state index contributed by atoms with van der Waals surface area (Å²) < 4.78 is 22.0. The number of aliphatic hydroxyl groups is 13. The second kappa shape index (κ2) is 15.5. The molecule has 0 aromatic heterocycles. The Labute approximate surface area is 246 Å². The van der Waals surface area contributed by atoms with Crippen molar-refractivity contribution in [1.29, 1.82) is 0 Å². The Kier molecular flexibility index (Phi) is 13.2. The van der Waals surface area contributed by atoms with E-state index in [0.29, 0.717) is 0 Å². The minimum atomic E-state index is -1.85. The summed E-state index contributed by atoms with van der Waals surface area (Å²) in [4.78, 5) is 0. The minimum Gasteiger partial charge on any atom is -0.394 e. The molecule has 0 amide bonds. The van der Waals surface area contributed by atoms with Crippen molar-refractivity contribution in [1.82, 2.24) is 5.32 Å². The van der Waals surface area contributed by atoms with Gasteiger partial charge < -0.3 is 90.6 Å². The molecule has 0 bridgehead atoms. The van der Waals surface area contributed by atoms with E-state index in [0.717, 1.165) is 0 Å². The maximum atomic E-state index is 10.9. The van der Waals surface area contributed by atoms with Gasteiger partial charge in [0.2, 0.25) is 0 Å². The molecule has 10 unspecified atom stereocenters. The van der Waals surface area contributed by atoms with E-state index in [1.54, 1.807) is 0 Å². The average molecular weight is 632 g/mol. The summed E-state index contributed by atoms with van der Waals surface area (Å²) in [7, 11) is 0. The molecule has 18 heteroatoms. The molecule has 2 saturated heterocycles. The maximum Gasteiger partial charge on any atom is 0.187 e. The molecule has 2 aliphatic heterocycles. The zero-order chi connectivity index (χ0) is 32.3. The van der Waals surface area contributed by atoms with Crippen LogP contribution in [0.3, 0.4) is 0 Å². The standard InChI is InChI=1S/C25H45NO17/c1-7(29)14(31)17(34)11(30)6-40-24-22(39)20(37)23(12(5-28)42-24)43-25-21(38)18(35)13(8(2)41-25)26-10-3-9(4-27)15(32)19(36)16(10)33/h3,7-8,10-39H,4-6H2,1-2H3/t7-,8+,10?,11+,12?,13?,14?,15?,16-,17+,18-,19?,20?,21?,22+,23?,24-,25?/m0/s1. The van der Waals surface area contributed by atoms with Crippen LogP contribution in [-0.2, 0) is 18.9 Å². The van der Waals surface area contributed by atoms with Gasteiger partial charge in [0.25, 0.3) is 0 Å². The molecule has 43 heavy (non-hydrogen) atoms. The highest BCUT2D eigenvalue weighted by molar-refractivity contribution is 5.22. The molecule has 0 aromatic rings. The van der Waals surface area contributed by atoms with E-state index < -0.39 is 130 Å². The molecule has 0 saturated carbocycles. The molecule has 252 valence electrons. The highest BCUT2D eigenvalue weighted by Gasteiger charge is 2.51. The molecule has 18 atom stereocenters. The molecule has 0 spiro atoms. The summed E-state index contributed by atoms with van der Waals surface area (Å²) in [5, 5.41) is 135. The van der Waals surface area contributed by atoms with Gasteiger partial charge in [-0.25, -0.2) is 0 Å². The van der Waals surface area contributed by atoms with Crippen LogP contribution in [0.15, 0.2) is 11.6 Å². The van der Waals surface area contributed by atoms with Crippen molar-refractivity contribution in [3.63, 3.8) is 0 Å². The van der Waals surface area contributed by atoms with Crippen LogP contribution in [0.2, 0.25) is 0 Å². The van der Waals surface area contributed by atoms with Gasteiger partial charge in [0, 0.05) is 0 Å². The van der Waals surface area contributed by atoms with Gasteiger partial charge in [-0.1, -0.05) is 6.08 Å². The quantitative estimate of drug-likeness (QED) is 0.0889. The topological polar surface area (TPSA) is 312 Å². The summed E-state index contributed by atoms with van der Waals surface area (Å²) in [5.74, 6) is 0. The molecule has 3 rings (SSSR count). The van der Waals surface area contributed by atoms with Gasteiger partial charge in [-0.15, -0.1) is 0 Å². The lowest BCUT2D eigenvalue weighted by Crippen LogP contribution is -2.68. The lowest BCUT2D eigenvalue weighted by atomic mass is 9.86. The zero-order valence-corrected chi connectivity index (χ0v) is 23.5. The second-order valence-electron chi connectivity index (χ2n) is 11.2. The lowest BCUT2D eigenvalue weighted by Gasteiger charge is -2.47. The molecule has 2 fully saturated rings. The normalized spacial score (nSPS) is 45.2. The number of ether oxygens (including phenoxy) is 4. The van der Waals surface area contributed by atoms with E-state index in [1.807, 2.05) is 0 Å². The van der Waals surface area contributed by atoms with Crippen molar-refractivity contribution in [3.05, 3.63) is 11.6 Å². The molecular weight excluding hydrogens is 586 g/mol. The number of hydrogen-bond acceptors (Lipinski definition) is 18. The number of hydrogen-bond donors (Lipinski definition) is 14. The van der Waals surface area contributed by atoms with Gasteiger partial charge in [0.1, 0.15) is 73.2 Å². The van der Waals surface area contributed by atoms with E-state index in [4.69, 9.17) is 18.9 Å². The number of rotatable bonds is 12. The van der Waals surface area contributed by atoms with E-state index >= 15 is 0 Å². The summed E-state index contributed by atoms with van der Waals surface area (Å²) in [6.45, 7) is 0.547. The Morgan fingerprint density at radius 3 is 2.02 bits per heavy atom. The first-order valence-corrected chi connectivity index (χ1v) is 13.9. The average Bonchev–Trinajstić information content (AvgIpc) is 2.98. The molecule has 1 aliphatic carbocycles. The van der Waals surface area contributed by atoms with Gasteiger partial charge in [-0.05, 0) is 19.4 Å². The van der Waals surface area contributed by atoms with Crippen molar-refractivity contribution in [2.45, 2.75) is 124 Å². The SMILES string of the molecule is C[C@H](O)C(O)[C@H](O)[C@H](O)CO[C@H]1OC(CO)C(OC2O[C@H](C)C(NC3C=C(CO)C(O)C(O)[C@H]3O)[C@H](O)C2O)C(O)[C@H]1O. The number of aliphatic hydroxyl groups excluding tert-OH is 13. The largest absolute Gasteiger partial charge is 0.394 e. The first kappa shape index (κ1) is 36.5. The van der Waals surface area contributed by atoms with Crippen molar-refractivity contribution in [2.24, 2.45) is 0 Å². The van der Waals surface area contributed by atoms with Gasteiger partial charge >= 0.3 is 0 Å². The van der Waals surface area contributed by atoms with Crippen molar-refractivity contribution < 1.29 is 85.3 Å². The van der Waals surface area contributed by atoms with Crippen LogP contribution in [0.1, 0.15) is 13.8 Å². The molecule has 18 nitrogen and oxygen atoms in total. The third kappa shape index (κ3) is 8.06. The van der Waals surface area contributed by atoms with E-state index in [2.05, 4.69) is 5.32 Å². The van der Waals surface area contributed by atoms with Crippen molar-refractivity contribution >= 4 is 0 Å². The predicted octanol–water partition coefficient (Wildman–Crippen LogP) is -7.90. The highest BCUT2D eigenvalue weighted by atomic mass is 16.7. The molecule has 0 aromatic carbocycles. The summed E-state index contributed by atoms with van der Waals surface area (Å²) >= 11 is 0. The van der Waals surface area contributed by atoms with Crippen LogP contribution in [0, 0.1) is 0 Å². The second-order valence-corrected chi connectivity index (χ2v) is 11.2. The summed E-state index contributed by atoms with van der Waals surface area (Å²) in [5.41, 5.74) is 0.0288. The fraction of sp³-hybridized carbons (Fsp3) is 0.920. The van der Waals surface area contributed by atoms with Crippen LogP contribution in [0.25, 0.3) is 0 Å². The minimum absolute atomic E-state index is 0.0288. The van der Waals surface area contributed by atoms with Crippen molar-refractivity contribution in [2.75, 3.05) is 19.8 Å². The molecule has 2 heterocycles.